The number of nitrogens with one attached hydrogen (secondary N) is 1. The van der Waals surface area contributed by atoms with Crippen LogP contribution in [0.1, 0.15) is 57.8 Å². The molecule has 6 nitrogen and oxygen atoms in total. The van der Waals surface area contributed by atoms with Gasteiger partial charge in [0.2, 0.25) is 0 Å². The van der Waals surface area contributed by atoms with Gasteiger partial charge < -0.3 is 9.84 Å². The summed E-state index contributed by atoms with van der Waals surface area (Å²) in [6, 6.07) is 5.71. The third-order valence-corrected chi connectivity index (χ3v) is 5.35. The summed E-state index contributed by atoms with van der Waals surface area (Å²) in [5.41, 5.74) is 1.30. The second-order valence-corrected chi connectivity index (χ2v) is 7.15. The molecule has 2 aromatic rings. The van der Waals surface area contributed by atoms with E-state index >= 15 is 0 Å². The van der Waals surface area contributed by atoms with Gasteiger partial charge in [-0.05, 0) is 43.9 Å². The number of carboxylic acid groups (broad SMARTS) is 1. The maximum Gasteiger partial charge on any atom is 0.309 e. The van der Waals surface area contributed by atoms with E-state index in [1.165, 1.54) is 0 Å². The summed E-state index contributed by atoms with van der Waals surface area (Å²) in [7, 11) is 0. The SMILES string of the molecule is O=C(O)C1(CCCCCCOc2ccc(-c3ccn[nH]3)nc2)CCCC1. The third kappa shape index (κ3) is 4.62. The third-order valence-electron chi connectivity index (χ3n) is 5.35. The Labute approximate surface area is 154 Å². The van der Waals surface area contributed by atoms with Gasteiger partial charge in [-0.25, -0.2) is 0 Å². The molecule has 0 spiro atoms. The standard InChI is InChI=1S/C20H27N3O3/c24-19(25)20(11-4-5-12-20)10-3-1-2-6-14-26-16-7-8-17(21-15-16)18-9-13-22-23-18/h7-9,13,15H,1-6,10-12,14H2,(H,22,23)(H,24,25). The molecule has 2 heterocycles. The molecule has 1 aliphatic carbocycles. The van der Waals surface area contributed by atoms with E-state index in [4.69, 9.17) is 4.74 Å². The fraction of sp³-hybridized carbons (Fsp3) is 0.550. The first-order valence-electron chi connectivity index (χ1n) is 9.52. The molecule has 1 aliphatic rings. The zero-order valence-corrected chi connectivity index (χ0v) is 15.1. The van der Waals surface area contributed by atoms with Crippen LogP contribution in [0.5, 0.6) is 5.75 Å². The Morgan fingerprint density at radius 3 is 2.62 bits per heavy atom. The molecule has 0 aromatic carbocycles. The van der Waals surface area contributed by atoms with Crippen LogP contribution in [0, 0.1) is 5.41 Å². The van der Waals surface area contributed by atoms with E-state index in [2.05, 4.69) is 15.2 Å². The number of aromatic amines is 1. The van der Waals surface area contributed by atoms with Gasteiger partial charge in [-0.3, -0.25) is 14.9 Å². The van der Waals surface area contributed by atoms with Crippen LogP contribution in [0.2, 0.25) is 0 Å². The van der Waals surface area contributed by atoms with Crippen LogP contribution < -0.4 is 4.74 Å². The number of aliphatic carboxylic acids is 1. The normalized spacial score (nSPS) is 15.8. The van der Waals surface area contributed by atoms with Crippen LogP contribution in [0.25, 0.3) is 11.4 Å². The Bertz CT molecular complexity index is 677. The Kier molecular flexibility index (Phi) is 6.26. The molecule has 140 valence electrons. The van der Waals surface area contributed by atoms with Crippen LogP contribution in [0.3, 0.4) is 0 Å². The van der Waals surface area contributed by atoms with Gasteiger partial charge in [0.25, 0.3) is 0 Å². The highest BCUT2D eigenvalue weighted by molar-refractivity contribution is 5.74. The second kappa shape index (κ2) is 8.83. The second-order valence-electron chi connectivity index (χ2n) is 7.15. The topological polar surface area (TPSA) is 88.1 Å². The fourth-order valence-electron chi connectivity index (χ4n) is 3.76. The number of carbonyl (C=O) groups is 1. The number of rotatable bonds is 10. The molecule has 1 fully saturated rings. The van der Waals surface area contributed by atoms with E-state index in [0.717, 1.165) is 74.9 Å². The van der Waals surface area contributed by atoms with Crippen molar-refractivity contribution in [3.63, 3.8) is 0 Å². The number of nitrogens with zero attached hydrogens (tertiary/aromatic N) is 2. The molecular weight excluding hydrogens is 330 g/mol. The molecule has 2 N–H and O–H groups in total. The lowest BCUT2D eigenvalue weighted by atomic mass is 9.81. The number of unbranched alkanes of at least 4 members (excludes halogenated alkanes) is 3. The molecule has 0 aliphatic heterocycles. The first-order chi connectivity index (χ1) is 12.7. The van der Waals surface area contributed by atoms with Crippen molar-refractivity contribution < 1.29 is 14.6 Å². The van der Waals surface area contributed by atoms with Gasteiger partial charge in [0.1, 0.15) is 5.75 Å². The number of carboxylic acids is 1. The fourth-order valence-corrected chi connectivity index (χ4v) is 3.76. The number of H-pyrrole nitrogens is 1. The molecule has 0 radical (unpaired) electrons. The first-order valence-corrected chi connectivity index (χ1v) is 9.52. The minimum atomic E-state index is -0.593. The van der Waals surface area contributed by atoms with Crippen LogP contribution in [0.4, 0.5) is 0 Å². The largest absolute Gasteiger partial charge is 0.492 e. The van der Waals surface area contributed by atoms with Crippen molar-refractivity contribution in [2.75, 3.05) is 6.61 Å². The number of ether oxygens (including phenoxy) is 1. The maximum atomic E-state index is 11.5. The average Bonchev–Trinajstić information content (AvgIpc) is 3.34. The van der Waals surface area contributed by atoms with E-state index in [-0.39, 0.29) is 0 Å². The van der Waals surface area contributed by atoms with Crippen molar-refractivity contribution >= 4 is 5.97 Å². The lowest BCUT2D eigenvalue weighted by Gasteiger charge is -2.23. The highest BCUT2D eigenvalue weighted by Gasteiger charge is 2.40. The summed E-state index contributed by atoms with van der Waals surface area (Å²) < 4.78 is 5.73. The van der Waals surface area contributed by atoms with E-state index < -0.39 is 11.4 Å². The summed E-state index contributed by atoms with van der Waals surface area (Å²) in [4.78, 5) is 15.9. The minimum absolute atomic E-state index is 0.432. The molecule has 0 saturated heterocycles. The smallest absolute Gasteiger partial charge is 0.309 e. The molecule has 0 unspecified atom stereocenters. The minimum Gasteiger partial charge on any atom is -0.492 e. The van der Waals surface area contributed by atoms with E-state index in [1.54, 1.807) is 12.4 Å². The van der Waals surface area contributed by atoms with Crippen molar-refractivity contribution in [3.8, 4) is 17.1 Å². The zero-order chi connectivity index (χ0) is 18.2. The van der Waals surface area contributed by atoms with E-state index in [9.17, 15) is 9.90 Å². The van der Waals surface area contributed by atoms with Crippen molar-refractivity contribution in [2.45, 2.75) is 57.8 Å². The summed E-state index contributed by atoms with van der Waals surface area (Å²) in [5.74, 6) is 0.175. The molecule has 0 atom stereocenters. The molecule has 3 rings (SSSR count). The predicted molar refractivity (Wildman–Crippen MR) is 98.9 cm³/mol. The first kappa shape index (κ1) is 18.4. The maximum absolute atomic E-state index is 11.5. The van der Waals surface area contributed by atoms with Crippen LogP contribution in [-0.4, -0.2) is 32.9 Å². The Morgan fingerprint density at radius 1 is 1.15 bits per heavy atom. The molecule has 0 bridgehead atoms. The van der Waals surface area contributed by atoms with Crippen LogP contribution >= 0.6 is 0 Å². The average molecular weight is 357 g/mol. The predicted octanol–water partition coefficient (Wildman–Crippen LogP) is 4.45. The van der Waals surface area contributed by atoms with Crippen molar-refractivity contribution in [1.29, 1.82) is 0 Å². The molecule has 6 heteroatoms. The quantitative estimate of drug-likeness (QED) is 0.614. The van der Waals surface area contributed by atoms with Gasteiger partial charge in [0, 0.05) is 6.20 Å². The zero-order valence-electron chi connectivity index (χ0n) is 15.1. The summed E-state index contributed by atoms with van der Waals surface area (Å²) in [6.45, 7) is 0.662. The molecular formula is C20H27N3O3. The van der Waals surface area contributed by atoms with E-state index in [0.29, 0.717) is 6.61 Å². The summed E-state index contributed by atoms with van der Waals surface area (Å²) in [6.07, 6.45) is 12.2. The number of hydrogen-bond donors (Lipinski definition) is 2. The molecule has 1 saturated carbocycles. The summed E-state index contributed by atoms with van der Waals surface area (Å²) in [5, 5.41) is 16.3. The van der Waals surface area contributed by atoms with E-state index in [1.807, 2.05) is 18.2 Å². The highest BCUT2D eigenvalue weighted by atomic mass is 16.5. The van der Waals surface area contributed by atoms with Gasteiger partial charge in [0.05, 0.1) is 29.6 Å². The molecule has 26 heavy (non-hydrogen) atoms. The summed E-state index contributed by atoms with van der Waals surface area (Å²) >= 11 is 0. The lowest BCUT2D eigenvalue weighted by Crippen LogP contribution is -2.27. The Hall–Kier alpha value is -2.37. The Balaban J connectivity index is 1.30. The van der Waals surface area contributed by atoms with Gasteiger partial charge in [0.15, 0.2) is 0 Å². The monoisotopic (exact) mass is 357 g/mol. The van der Waals surface area contributed by atoms with Crippen molar-refractivity contribution in [2.24, 2.45) is 5.41 Å². The van der Waals surface area contributed by atoms with Gasteiger partial charge in [-0.15, -0.1) is 0 Å². The number of hydrogen-bond acceptors (Lipinski definition) is 4. The van der Waals surface area contributed by atoms with Gasteiger partial charge in [-0.1, -0.05) is 32.1 Å². The highest BCUT2D eigenvalue weighted by Crippen LogP contribution is 2.42. The van der Waals surface area contributed by atoms with Gasteiger partial charge >= 0.3 is 5.97 Å². The van der Waals surface area contributed by atoms with Gasteiger partial charge in [-0.2, -0.15) is 5.10 Å². The van der Waals surface area contributed by atoms with Crippen LogP contribution in [0.15, 0.2) is 30.6 Å². The van der Waals surface area contributed by atoms with Crippen LogP contribution in [-0.2, 0) is 4.79 Å². The van der Waals surface area contributed by atoms with Crippen molar-refractivity contribution in [1.82, 2.24) is 15.2 Å². The molecule has 0 amide bonds. The lowest BCUT2D eigenvalue weighted by molar-refractivity contribution is -0.149. The molecule has 2 aromatic heterocycles. The number of pyridine rings is 1. The number of aromatic nitrogens is 3. The Morgan fingerprint density at radius 2 is 1.96 bits per heavy atom. The van der Waals surface area contributed by atoms with Crippen molar-refractivity contribution in [3.05, 3.63) is 30.6 Å².